The highest BCUT2D eigenvalue weighted by Crippen LogP contribution is 2.41. The molecule has 0 spiro atoms. The van der Waals surface area contributed by atoms with Gasteiger partial charge in [-0.3, -0.25) is 15.1 Å². The number of aliphatic imine (C=N–C) groups is 1. The minimum atomic E-state index is -0.435. The maximum absolute atomic E-state index is 10.7. The second-order valence-electron chi connectivity index (χ2n) is 8.50. The number of nitro groups is 1. The molecule has 1 N–H and O–H groups in total. The van der Waals surface area contributed by atoms with Crippen molar-refractivity contribution in [3.05, 3.63) is 63.2 Å². The fourth-order valence-electron chi connectivity index (χ4n) is 2.55. The summed E-state index contributed by atoms with van der Waals surface area (Å²) in [5.74, 6) is 0.170. The van der Waals surface area contributed by atoms with Crippen molar-refractivity contribution in [3.8, 4) is 5.75 Å². The Morgan fingerprint density at radius 3 is 2.04 bits per heavy atom. The Kier molecular flexibility index (Phi) is 5.21. The highest BCUT2D eigenvalue weighted by atomic mass is 16.6. The molecule has 0 aliphatic rings. The molecule has 0 aliphatic carbocycles. The normalized spacial score (nSPS) is 12.5. The molecule has 138 valence electrons. The van der Waals surface area contributed by atoms with Crippen LogP contribution in [0.25, 0.3) is 0 Å². The van der Waals surface area contributed by atoms with Crippen molar-refractivity contribution < 1.29 is 10.0 Å². The fourth-order valence-corrected chi connectivity index (χ4v) is 2.55. The van der Waals surface area contributed by atoms with Gasteiger partial charge in [0, 0.05) is 23.9 Å². The molecule has 0 saturated carbocycles. The largest absolute Gasteiger partial charge is 0.505 e. The lowest BCUT2D eigenvalue weighted by Gasteiger charge is -2.26. The first kappa shape index (κ1) is 19.6. The summed E-state index contributed by atoms with van der Waals surface area (Å²) >= 11 is 0. The second-order valence-corrected chi connectivity index (χ2v) is 8.50. The highest BCUT2D eigenvalue weighted by molar-refractivity contribution is 5.83. The average molecular weight is 354 g/mol. The van der Waals surface area contributed by atoms with Gasteiger partial charge in [0.05, 0.1) is 4.92 Å². The van der Waals surface area contributed by atoms with Crippen LogP contribution < -0.4 is 0 Å². The minimum absolute atomic E-state index is 0.0368. The highest BCUT2D eigenvalue weighted by Gasteiger charge is 2.24. The summed E-state index contributed by atoms with van der Waals surface area (Å²) < 4.78 is 0. The van der Waals surface area contributed by atoms with E-state index in [1.54, 1.807) is 18.3 Å². The molecule has 5 heteroatoms. The molecule has 0 heterocycles. The minimum Gasteiger partial charge on any atom is -0.505 e. The second kappa shape index (κ2) is 6.90. The van der Waals surface area contributed by atoms with Crippen LogP contribution in [-0.4, -0.2) is 16.2 Å². The lowest BCUT2D eigenvalue weighted by molar-refractivity contribution is -0.384. The molecule has 2 aromatic carbocycles. The first-order chi connectivity index (χ1) is 11.9. The van der Waals surface area contributed by atoms with Crippen molar-refractivity contribution in [3.63, 3.8) is 0 Å². The Hall–Kier alpha value is -2.69. The van der Waals surface area contributed by atoms with Crippen molar-refractivity contribution in [2.45, 2.75) is 52.4 Å². The van der Waals surface area contributed by atoms with Crippen molar-refractivity contribution in [1.82, 2.24) is 0 Å². The molecule has 0 aliphatic heterocycles. The van der Waals surface area contributed by atoms with Gasteiger partial charge in [-0.15, -0.1) is 0 Å². The van der Waals surface area contributed by atoms with Crippen molar-refractivity contribution in [2.24, 2.45) is 4.99 Å². The van der Waals surface area contributed by atoms with Crippen LogP contribution in [0.15, 0.2) is 41.4 Å². The summed E-state index contributed by atoms with van der Waals surface area (Å²) in [4.78, 5) is 14.8. The molecule has 0 amide bonds. The molecule has 0 atom stereocenters. The molecule has 0 saturated heterocycles. The van der Waals surface area contributed by atoms with E-state index in [0.717, 1.165) is 16.7 Å². The van der Waals surface area contributed by atoms with Crippen molar-refractivity contribution in [1.29, 1.82) is 0 Å². The lowest BCUT2D eigenvalue weighted by Crippen LogP contribution is -2.16. The Morgan fingerprint density at radius 1 is 1.00 bits per heavy atom. The molecule has 0 radical (unpaired) electrons. The Bertz CT molecular complexity index is 839. The van der Waals surface area contributed by atoms with Gasteiger partial charge in [-0.1, -0.05) is 47.6 Å². The number of phenols is 1. The zero-order valence-corrected chi connectivity index (χ0v) is 16.2. The van der Waals surface area contributed by atoms with E-state index in [0.29, 0.717) is 5.69 Å². The Morgan fingerprint density at radius 2 is 1.58 bits per heavy atom. The van der Waals surface area contributed by atoms with Gasteiger partial charge >= 0.3 is 0 Å². The van der Waals surface area contributed by atoms with Gasteiger partial charge in [-0.2, -0.15) is 0 Å². The number of hydrogen-bond acceptors (Lipinski definition) is 4. The summed E-state index contributed by atoms with van der Waals surface area (Å²) in [6, 6.07) is 10.1. The number of nitro benzene ring substituents is 1. The molecule has 0 unspecified atom stereocenters. The van der Waals surface area contributed by atoms with Gasteiger partial charge in [0.25, 0.3) is 5.69 Å². The van der Waals surface area contributed by atoms with Crippen molar-refractivity contribution >= 4 is 17.6 Å². The monoisotopic (exact) mass is 354 g/mol. The van der Waals surface area contributed by atoms with Gasteiger partial charge in [0.2, 0.25) is 0 Å². The number of hydrogen-bond donors (Lipinski definition) is 1. The van der Waals surface area contributed by atoms with Crippen LogP contribution >= 0.6 is 0 Å². The van der Waals surface area contributed by atoms with Crippen LogP contribution in [0, 0.1) is 10.1 Å². The topological polar surface area (TPSA) is 75.7 Å². The Labute approximate surface area is 154 Å². The number of aromatic hydroxyl groups is 1. The summed E-state index contributed by atoms with van der Waals surface area (Å²) in [5, 5.41) is 21.4. The molecule has 2 rings (SSSR count). The van der Waals surface area contributed by atoms with Crippen LogP contribution in [0.5, 0.6) is 5.75 Å². The number of rotatable bonds is 3. The predicted octanol–water partition coefficient (Wildman–Crippen LogP) is 5.65. The Balaban J connectivity index is 2.49. The third kappa shape index (κ3) is 4.48. The maximum Gasteiger partial charge on any atom is 0.269 e. The summed E-state index contributed by atoms with van der Waals surface area (Å²) in [7, 11) is 0. The molecular weight excluding hydrogens is 328 g/mol. The van der Waals surface area contributed by atoms with Crippen LogP contribution in [0.1, 0.15) is 58.2 Å². The van der Waals surface area contributed by atoms with E-state index in [-0.39, 0.29) is 22.3 Å². The van der Waals surface area contributed by atoms with E-state index < -0.39 is 4.92 Å². The van der Waals surface area contributed by atoms with Crippen LogP contribution in [0.2, 0.25) is 0 Å². The molecule has 5 nitrogen and oxygen atoms in total. The van der Waals surface area contributed by atoms with Gasteiger partial charge in [-0.05, 0) is 40.2 Å². The molecule has 0 aromatic heterocycles. The van der Waals surface area contributed by atoms with Gasteiger partial charge in [-0.25, -0.2) is 0 Å². The van der Waals surface area contributed by atoms with Crippen LogP contribution in [-0.2, 0) is 10.8 Å². The van der Waals surface area contributed by atoms with Crippen molar-refractivity contribution in [2.75, 3.05) is 0 Å². The van der Waals surface area contributed by atoms with E-state index in [1.807, 2.05) is 12.1 Å². The molecule has 26 heavy (non-hydrogen) atoms. The van der Waals surface area contributed by atoms with E-state index in [2.05, 4.69) is 46.5 Å². The first-order valence-electron chi connectivity index (χ1n) is 8.56. The van der Waals surface area contributed by atoms with E-state index in [1.165, 1.54) is 12.1 Å². The molecule has 2 aromatic rings. The predicted molar refractivity (Wildman–Crippen MR) is 106 cm³/mol. The quantitative estimate of drug-likeness (QED) is 0.440. The van der Waals surface area contributed by atoms with Crippen LogP contribution in [0.3, 0.4) is 0 Å². The fraction of sp³-hybridized carbons (Fsp3) is 0.381. The van der Waals surface area contributed by atoms with E-state index in [4.69, 9.17) is 0 Å². The SMILES string of the molecule is CC(C)(C)c1cc(N=Cc2ccc([N+](=O)[O-])cc2)c(O)c(C(C)(C)C)c1. The summed E-state index contributed by atoms with van der Waals surface area (Å²) in [6.07, 6.45) is 1.61. The molecule has 0 fully saturated rings. The van der Waals surface area contributed by atoms with E-state index >= 15 is 0 Å². The lowest BCUT2D eigenvalue weighted by atomic mass is 9.80. The van der Waals surface area contributed by atoms with Crippen LogP contribution in [0.4, 0.5) is 11.4 Å². The molecular formula is C21H26N2O3. The van der Waals surface area contributed by atoms with Gasteiger partial charge in [0.1, 0.15) is 11.4 Å². The third-order valence-corrected chi connectivity index (χ3v) is 4.22. The zero-order chi connectivity index (χ0) is 19.7. The van der Waals surface area contributed by atoms with Gasteiger partial charge < -0.3 is 5.11 Å². The van der Waals surface area contributed by atoms with Gasteiger partial charge in [0.15, 0.2) is 0 Å². The number of non-ortho nitro benzene ring substituents is 1. The standard InChI is InChI=1S/C21H26N2O3/c1-20(2,3)15-11-17(21(4,5)6)19(24)18(12-15)22-13-14-7-9-16(10-8-14)23(25)26/h7-13,24H,1-6H3. The summed E-state index contributed by atoms with van der Waals surface area (Å²) in [5.41, 5.74) is 2.91. The zero-order valence-electron chi connectivity index (χ0n) is 16.2. The smallest absolute Gasteiger partial charge is 0.269 e. The number of phenolic OH excluding ortho intramolecular Hbond substituents is 1. The average Bonchev–Trinajstić information content (AvgIpc) is 2.52. The summed E-state index contributed by atoms with van der Waals surface area (Å²) in [6.45, 7) is 12.5. The van der Waals surface area contributed by atoms with E-state index in [9.17, 15) is 15.2 Å². The molecule has 0 bridgehead atoms. The first-order valence-corrected chi connectivity index (χ1v) is 8.56. The number of nitrogens with zero attached hydrogens (tertiary/aromatic N) is 2. The third-order valence-electron chi connectivity index (χ3n) is 4.22. The number of benzene rings is 2. The maximum atomic E-state index is 10.7.